The molecule has 1 N–H and O–H groups in total. The summed E-state index contributed by atoms with van der Waals surface area (Å²) in [6.45, 7) is 7.67. The summed E-state index contributed by atoms with van der Waals surface area (Å²) in [5.41, 5.74) is 6.67. The molecular weight excluding hydrogens is 448 g/mol. The molecule has 178 valence electrons. The third kappa shape index (κ3) is 5.60. The van der Waals surface area contributed by atoms with E-state index in [1.807, 2.05) is 62.4 Å². The maximum Gasteiger partial charge on any atom is 0.328 e. The number of methoxy groups -OCH3 is 1. The molecule has 0 bridgehead atoms. The van der Waals surface area contributed by atoms with Crippen LogP contribution in [0.5, 0.6) is 0 Å². The first-order chi connectivity index (χ1) is 16.1. The highest BCUT2D eigenvalue weighted by atomic mass is 35.5. The molecule has 0 aliphatic carbocycles. The van der Waals surface area contributed by atoms with Gasteiger partial charge in [-0.2, -0.15) is 0 Å². The van der Waals surface area contributed by atoms with Crippen molar-refractivity contribution in [2.45, 2.75) is 39.8 Å². The van der Waals surface area contributed by atoms with Crippen molar-refractivity contribution < 1.29 is 14.3 Å². The Morgan fingerprint density at radius 3 is 2.29 bits per heavy atom. The van der Waals surface area contributed by atoms with Gasteiger partial charge in [0.25, 0.3) is 5.91 Å². The summed E-state index contributed by atoms with van der Waals surface area (Å²) in [4.78, 5) is 26.1. The van der Waals surface area contributed by atoms with E-state index in [1.165, 1.54) is 12.0 Å². The molecule has 0 aliphatic rings. The fourth-order valence-electron chi connectivity index (χ4n) is 3.84. The molecule has 6 heteroatoms. The van der Waals surface area contributed by atoms with Crippen LogP contribution in [0, 0.1) is 13.8 Å². The van der Waals surface area contributed by atoms with Crippen molar-refractivity contribution in [3.05, 3.63) is 87.9 Å². The number of halogens is 1. The number of aryl methyl sites for hydroxylation is 2. The van der Waals surface area contributed by atoms with Crippen LogP contribution in [-0.4, -0.2) is 37.0 Å². The van der Waals surface area contributed by atoms with Crippen molar-refractivity contribution >= 4 is 29.2 Å². The van der Waals surface area contributed by atoms with Crippen molar-refractivity contribution in [2.75, 3.05) is 19.5 Å². The lowest BCUT2D eigenvalue weighted by molar-refractivity contribution is -0.144. The van der Waals surface area contributed by atoms with Crippen LogP contribution in [0.2, 0.25) is 5.02 Å². The Morgan fingerprint density at radius 1 is 0.941 bits per heavy atom. The molecule has 2 unspecified atom stereocenters. The van der Waals surface area contributed by atoms with Gasteiger partial charge < -0.3 is 15.0 Å². The Morgan fingerprint density at radius 2 is 1.65 bits per heavy atom. The molecule has 0 fully saturated rings. The van der Waals surface area contributed by atoms with Gasteiger partial charge in [-0.1, -0.05) is 48.0 Å². The Balaban J connectivity index is 1.80. The number of benzene rings is 3. The lowest BCUT2D eigenvalue weighted by Gasteiger charge is -2.23. The first-order valence-electron chi connectivity index (χ1n) is 11.2. The number of nitrogens with one attached hydrogen (secondary N) is 1. The molecule has 0 radical (unpaired) electrons. The molecule has 1 amide bonds. The van der Waals surface area contributed by atoms with E-state index in [1.54, 1.807) is 14.0 Å². The van der Waals surface area contributed by atoms with Gasteiger partial charge in [0, 0.05) is 29.4 Å². The van der Waals surface area contributed by atoms with Gasteiger partial charge >= 0.3 is 5.97 Å². The lowest BCUT2D eigenvalue weighted by Crippen LogP contribution is -2.41. The van der Waals surface area contributed by atoms with Gasteiger partial charge in [0.15, 0.2) is 0 Å². The predicted octanol–water partition coefficient (Wildman–Crippen LogP) is 6.43. The second kappa shape index (κ2) is 10.7. The van der Waals surface area contributed by atoms with Gasteiger partial charge in [-0.05, 0) is 79.8 Å². The van der Waals surface area contributed by atoms with E-state index in [2.05, 4.69) is 24.4 Å². The molecule has 2 atom stereocenters. The standard InChI is InChI=1S/C28H31ClN2O3/c1-17-14-23(10-12-25(17)27(32)31(5)20(4)28(33)34-6)22-8-7-9-24(16-22)30-19(3)21-11-13-26(29)18(2)15-21/h7-16,19-20,30H,1-6H3. The fourth-order valence-corrected chi connectivity index (χ4v) is 3.95. The Kier molecular flexibility index (Phi) is 8.00. The topological polar surface area (TPSA) is 58.6 Å². The van der Waals surface area contributed by atoms with E-state index < -0.39 is 12.0 Å². The van der Waals surface area contributed by atoms with E-state index in [0.29, 0.717) is 5.56 Å². The Bertz CT molecular complexity index is 1210. The fraction of sp³-hybridized carbons (Fsp3) is 0.286. The van der Waals surface area contributed by atoms with Gasteiger partial charge in [-0.15, -0.1) is 0 Å². The van der Waals surface area contributed by atoms with E-state index in [0.717, 1.165) is 38.5 Å². The van der Waals surface area contributed by atoms with E-state index in [-0.39, 0.29) is 11.9 Å². The zero-order valence-electron chi connectivity index (χ0n) is 20.5. The number of hydrogen-bond donors (Lipinski definition) is 1. The average Bonchev–Trinajstić information content (AvgIpc) is 2.83. The number of likely N-dealkylation sites (N-methyl/N-ethyl adjacent to an activating group) is 1. The van der Waals surface area contributed by atoms with Crippen LogP contribution in [0.3, 0.4) is 0 Å². The second-order valence-corrected chi connectivity index (χ2v) is 9.01. The third-order valence-electron chi connectivity index (χ3n) is 6.16. The zero-order valence-corrected chi connectivity index (χ0v) is 21.2. The number of hydrogen-bond acceptors (Lipinski definition) is 4. The minimum absolute atomic E-state index is 0.111. The van der Waals surface area contributed by atoms with Gasteiger partial charge in [-0.25, -0.2) is 4.79 Å². The van der Waals surface area contributed by atoms with Gasteiger partial charge in [0.2, 0.25) is 0 Å². The minimum atomic E-state index is -0.661. The predicted molar refractivity (Wildman–Crippen MR) is 138 cm³/mol. The summed E-state index contributed by atoms with van der Waals surface area (Å²) >= 11 is 6.17. The average molecular weight is 479 g/mol. The molecule has 3 rings (SSSR count). The summed E-state index contributed by atoms with van der Waals surface area (Å²) in [5.74, 6) is -0.665. The molecule has 3 aromatic rings. The highest BCUT2D eigenvalue weighted by Crippen LogP contribution is 2.28. The third-order valence-corrected chi connectivity index (χ3v) is 6.59. The largest absolute Gasteiger partial charge is 0.467 e. The molecule has 0 saturated carbocycles. The maximum atomic E-state index is 12.9. The Hall–Kier alpha value is -3.31. The summed E-state index contributed by atoms with van der Waals surface area (Å²) in [7, 11) is 2.92. The minimum Gasteiger partial charge on any atom is -0.467 e. The lowest BCUT2D eigenvalue weighted by atomic mass is 9.98. The number of ether oxygens (including phenoxy) is 1. The zero-order chi connectivity index (χ0) is 25.0. The quantitative estimate of drug-likeness (QED) is 0.397. The number of nitrogens with zero attached hydrogens (tertiary/aromatic N) is 1. The van der Waals surface area contributed by atoms with Gasteiger partial charge in [0.1, 0.15) is 6.04 Å². The molecule has 3 aromatic carbocycles. The van der Waals surface area contributed by atoms with Crippen LogP contribution in [0.1, 0.15) is 46.9 Å². The number of anilines is 1. The molecule has 0 heterocycles. The molecule has 0 aromatic heterocycles. The Labute approximate surface area is 206 Å². The smallest absolute Gasteiger partial charge is 0.328 e. The van der Waals surface area contributed by atoms with Crippen LogP contribution in [0.25, 0.3) is 11.1 Å². The number of amides is 1. The summed E-state index contributed by atoms with van der Waals surface area (Å²) in [6, 6.07) is 19.4. The van der Waals surface area contributed by atoms with Crippen LogP contribution >= 0.6 is 11.6 Å². The van der Waals surface area contributed by atoms with Crippen LogP contribution in [0.15, 0.2) is 60.7 Å². The first-order valence-corrected chi connectivity index (χ1v) is 11.6. The SMILES string of the molecule is COC(=O)C(C)N(C)C(=O)c1ccc(-c2cccc(NC(C)c3ccc(Cl)c(C)c3)c2)cc1C. The normalized spacial score (nSPS) is 12.6. The monoisotopic (exact) mass is 478 g/mol. The highest BCUT2D eigenvalue weighted by Gasteiger charge is 2.25. The number of esters is 1. The molecule has 0 spiro atoms. The summed E-state index contributed by atoms with van der Waals surface area (Å²) < 4.78 is 4.76. The molecule has 0 saturated heterocycles. The first kappa shape index (κ1) is 25.3. The van der Waals surface area contributed by atoms with Crippen molar-refractivity contribution in [1.82, 2.24) is 4.90 Å². The van der Waals surface area contributed by atoms with E-state index in [9.17, 15) is 9.59 Å². The van der Waals surface area contributed by atoms with Crippen LogP contribution in [0.4, 0.5) is 5.69 Å². The molecular formula is C28H31ClN2O3. The maximum absolute atomic E-state index is 12.9. The second-order valence-electron chi connectivity index (χ2n) is 8.60. The van der Waals surface area contributed by atoms with Crippen molar-refractivity contribution in [2.24, 2.45) is 0 Å². The molecule has 34 heavy (non-hydrogen) atoms. The van der Waals surface area contributed by atoms with E-state index >= 15 is 0 Å². The van der Waals surface area contributed by atoms with Crippen LogP contribution in [-0.2, 0) is 9.53 Å². The van der Waals surface area contributed by atoms with Gasteiger partial charge in [0.05, 0.1) is 7.11 Å². The van der Waals surface area contributed by atoms with E-state index in [4.69, 9.17) is 16.3 Å². The number of rotatable bonds is 7. The highest BCUT2D eigenvalue weighted by molar-refractivity contribution is 6.31. The summed E-state index contributed by atoms with van der Waals surface area (Å²) in [6.07, 6.45) is 0. The molecule has 0 aliphatic heterocycles. The van der Waals surface area contributed by atoms with Crippen molar-refractivity contribution in [3.8, 4) is 11.1 Å². The summed E-state index contributed by atoms with van der Waals surface area (Å²) in [5, 5.41) is 4.32. The van der Waals surface area contributed by atoms with Crippen LogP contribution < -0.4 is 5.32 Å². The van der Waals surface area contributed by atoms with Gasteiger partial charge in [-0.3, -0.25) is 4.79 Å². The molecule has 5 nitrogen and oxygen atoms in total. The number of carbonyl (C=O) groups is 2. The number of carbonyl (C=O) groups excluding carboxylic acids is 2. The van der Waals surface area contributed by atoms with Crippen molar-refractivity contribution in [1.29, 1.82) is 0 Å². The van der Waals surface area contributed by atoms with Crippen molar-refractivity contribution in [3.63, 3.8) is 0 Å².